The fraction of sp³-hybridized carbons (Fsp3) is 0.923. The summed E-state index contributed by atoms with van der Waals surface area (Å²) in [4.78, 5) is 11.5. The first-order valence-electron chi connectivity index (χ1n) is 7.45. The molecule has 0 aliphatic carbocycles. The lowest BCUT2D eigenvalue weighted by Gasteiger charge is -2.41. The molecule has 0 saturated carbocycles. The van der Waals surface area contributed by atoms with E-state index in [2.05, 4.69) is 4.74 Å². The molecule has 0 aromatic heterocycles. The number of methoxy groups -OCH3 is 1. The second-order valence-electron chi connectivity index (χ2n) is 5.79. The van der Waals surface area contributed by atoms with Crippen LogP contribution in [0.15, 0.2) is 0 Å². The molecule has 7 N–H and O–H groups in total. The minimum Gasteiger partial charge on any atom is -0.467 e. The molecule has 12 nitrogen and oxygen atoms in total. The van der Waals surface area contributed by atoms with E-state index in [0.717, 1.165) is 7.11 Å². The number of rotatable bonds is 4. The normalized spacial score (nSPS) is 48.2. The molecule has 12 heteroatoms. The molecular formula is C13H22O12. The molecule has 2 fully saturated rings. The van der Waals surface area contributed by atoms with Gasteiger partial charge in [0.25, 0.3) is 0 Å². The van der Waals surface area contributed by atoms with Gasteiger partial charge in [-0.2, -0.15) is 0 Å². The smallest absolute Gasteiger partial charge is 0.337 e. The first kappa shape index (κ1) is 20.4. The van der Waals surface area contributed by atoms with Crippen LogP contribution in [0.3, 0.4) is 0 Å². The second kappa shape index (κ2) is 8.18. The summed E-state index contributed by atoms with van der Waals surface area (Å²) in [5.74, 6) is -1.00. The molecule has 0 spiro atoms. The van der Waals surface area contributed by atoms with Gasteiger partial charge in [0.1, 0.15) is 42.7 Å². The topological polar surface area (TPSA) is 196 Å². The van der Waals surface area contributed by atoms with Gasteiger partial charge < -0.3 is 54.7 Å². The Kier molecular flexibility index (Phi) is 6.67. The highest BCUT2D eigenvalue weighted by Crippen LogP contribution is 2.25. The van der Waals surface area contributed by atoms with Crippen molar-refractivity contribution in [3.8, 4) is 0 Å². The summed E-state index contributed by atoms with van der Waals surface area (Å²) in [5.41, 5.74) is 0. The maximum Gasteiger partial charge on any atom is 0.337 e. The predicted octanol–water partition coefficient (Wildman–Crippen LogP) is -5.22. The first-order chi connectivity index (χ1) is 11.7. The number of hydrogen-bond acceptors (Lipinski definition) is 12. The van der Waals surface area contributed by atoms with Crippen molar-refractivity contribution in [2.24, 2.45) is 0 Å². The number of ether oxygens (including phenoxy) is 4. The van der Waals surface area contributed by atoms with Crippen molar-refractivity contribution >= 4 is 5.97 Å². The van der Waals surface area contributed by atoms with Crippen molar-refractivity contribution < 1.29 is 59.5 Å². The molecule has 0 unspecified atom stereocenters. The van der Waals surface area contributed by atoms with E-state index in [1.165, 1.54) is 0 Å². The van der Waals surface area contributed by atoms with Crippen LogP contribution in [0.1, 0.15) is 0 Å². The molecule has 0 amide bonds. The third kappa shape index (κ3) is 4.09. The zero-order chi connectivity index (χ0) is 18.9. The number of carbonyl (C=O) groups is 1. The molecule has 25 heavy (non-hydrogen) atoms. The van der Waals surface area contributed by atoms with Crippen molar-refractivity contribution in [1.29, 1.82) is 0 Å². The quantitative estimate of drug-likeness (QED) is 0.233. The van der Waals surface area contributed by atoms with E-state index in [1.54, 1.807) is 0 Å². The van der Waals surface area contributed by atoms with Crippen LogP contribution in [-0.2, 0) is 23.7 Å². The Morgan fingerprint density at radius 2 is 1.44 bits per heavy atom. The van der Waals surface area contributed by atoms with Gasteiger partial charge in [0.05, 0.1) is 13.7 Å². The summed E-state index contributed by atoms with van der Waals surface area (Å²) in [7, 11) is 1.03. The van der Waals surface area contributed by atoms with Crippen molar-refractivity contribution in [2.45, 2.75) is 61.4 Å². The number of aliphatic hydroxyl groups excluding tert-OH is 7. The summed E-state index contributed by atoms with van der Waals surface area (Å²) in [6.45, 7) is -0.541. The van der Waals surface area contributed by atoms with Crippen LogP contribution < -0.4 is 0 Å². The summed E-state index contributed by atoms with van der Waals surface area (Å²) < 4.78 is 19.5. The predicted molar refractivity (Wildman–Crippen MR) is 73.5 cm³/mol. The molecule has 0 bridgehead atoms. The zero-order valence-corrected chi connectivity index (χ0v) is 13.2. The Morgan fingerprint density at radius 1 is 0.840 bits per heavy atom. The molecule has 0 aromatic carbocycles. The summed E-state index contributed by atoms with van der Waals surface area (Å²) >= 11 is 0. The lowest BCUT2D eigenvalue weighted by molar-refractivity contribution is -0.321. The van der Waals surface area contributed by atoms with Gasteiger partial charge in [0, 0.05) is 0 Å². The Morgan fingerprint density at radius 3 is 2.04 bits per heavy atom. The lowest BCUT2D eigenvalue weighted by atomic mass is 9.98. The van der Waals surface area contributed by atoms with Crippen LogP contribution in [0.5, 0.6) is 0 Å². The van der Waals surface area contributed by atoms with Crippen LogP contribution in [-0.4, -0.2) is 117 Å². The van der Waals surface area contributed by atoms with Gasteiger partial charge in [-0.1, -0.05) is 0 Å². The molecule has 2 aliphatic heterocycles. The van der Waals surface area contributed by atoms with Crippen molar-refractivity contribution in [3.05, 3.63) is 0 Å². The molecule has 146 valence electrons. The Labute approximate surface area is 141 Å². The minimum atomic E-state index is -1.78. The van der Waals surface area contributed by atoms with E-state index in [-0.39, 0.29) is 0 Å². The molecule has 10 atom stereocenters. The van der Waals surface area contributed by atoms with E-state index in [9.17, 15) is 40.5 Å². The van der Waals surface area contributed by atoms with Crippen molar-refractivity contribution in [1.82, 2.24) is 0 Å². The van der Waals surface area contributed by atoms with Gasteiger partial charge in [-0.15, -0.1) is 0 Å². The van der Waals surface area contributed by atoms with Crippen molar-refractivity contribution in [2.75, 3.05) is 13.7 Å². The Bertz CT molecular complexity index is 460. The molecule has 2 saturated heterocycles. The molecule has 0 radical (unpaired) electrons. The third-order valence-electron chi connectivity index (χ3n) is 4.11. The highest BCUT2D eigenvalue weighted by atomic mass is 16.7. The molecule has 2 aliphatic rings. The van der Waals surface area contributed by atoms with E-state index < -0.39 is 74.0 Å². The molecule has 0 aromatic rings. The highest BCUT2D eigenvalue weighted by molar-refractivity contribution is 5.75. The zero-order valence-electron chi connectivity index (χ0n) is 13.2. The van der Waals surface area contributed by atoms with E-state index >= 15 is 0 Å². The lowest BCUT2D eigenvalue weighted by Crippen LogP contribution is -2.62. The number of hydrogen-bond donors (Lipinski definition) is 7. The number of aliphatic hydroxyl groups is 7. The Balaban J connectivity index is 2.00. The van der Waals surface area contributed by atoms with Gasteiger partial charge in [0.15, 0.2) is 18.7 Å². The first-order valence-corrected chi connectivity index (χ1v) is 7.45. The van der Waals surface area contributed by atoms with E-state index in [0.29, 0.717) is 0 Å². The standard InChI is InChI=1S/C13H22O12/c1-22-12(21)10-7(17)6(16)9(19)13(25-10)23-2-3-4(14)5(15)8(18)11(20)24-3/h3-11,13-20H,2H2,1H3/t3-,4-,5+,6+,7+,8-,9-,10+,11-,13+/m1/s1. The fourth-order valence-corrected chi connectivity index (χ4v) is 2.55. The maximum atomic E-state index is 11.5. The van der Waals surface area contributed by atoms with Gasteiger partial charge in [0.2, 0.25) is 0 Å². The largest absolute Gasteiger partial charge is 0.467 e. The highest BCUT2D eigenvalue weighted by Gasteiger charge is 2.49. The molecular weight excluding hydrogens is 348 g/mol. The maximum absolute atomic E-state index is 11.5. The summed E-state index contributed by atoms with van der Waals surface area (Å²) in [6, 6.07) is 0. The fourth-order valence-electron chi connectivity index (χ4n) is 2.55. The number of esters is 1. The minimum absolute atomic E-state index is 0.541. The van der Waals surface area contributed by atoms with Crippen LogP contribution in [0.2, 0.25) is 0 Å². The van der Waals surface area contributed by atoms with Gasteiger partial charge in [-0.25, -0.2) is 4.79 Å². The van der Waals surface area contributed by atoms with Gasteiger partial charge in [-0.05, 0) is 0 Å². The average molecular weight is 370 g/mol. The monoisotopic (exact) mass is 370 g/mol. The molecule has 2 rings (SSSR count). The third-order valence-corrected chi connectivity index (χ3v) is 4.11. The summed E-state index contributed by atoms with van der Waals surface area (Å²) in [5, 5.41) is 67.6. The van der Waals surface area contributed by atoms with Crippen LogP contribution in [0.4, 0.5) is 0 Å². The van der Waals surface area contributed by atoms with E-state index in [4.69, 9.17) is 14.2 Å². The van der Waals surface area contributed by atoms with Crippen LogP contribution in [0, 0.1) is 0 Å². The second-order valence-corrected chi connectivity index (χ2v) is 5.79. The van der Waals surface area contributed by atoms with Gasteiger partial charge >= 0.3 is 5.97 Å². The van der Waals surface area contributed by atoms with E-state index in [1.807, 2.05) is 0 Å². The average Bonchev–Trinajstić information content (AvgIpc) is 2.60. The van der Waals surface area contributed by atoms with Crippen molar-refractivity contribution in [3.63, 3.8) is 0 Å². The Hall–Kier alpha value is -0.930. The number of carbonyl (C=O) groups excluding carboxylic acids is 1. The molecule has 2 heterocycles. The van der Waals surface area contributed by atoms with Gasteiger partial charge in [-0.3, -0.25) is 0 Å². The van der Waals surface area contributed by atoms with Crippen LogP contribution >= 0.6 is 0 Å². The summed E-state index contributed by atoms with van der Waals surface area (Å²) in [6.07, 6.45) is -16.6. The van der Waals surface area contributed by atoms with Crippen LogP contribution in [0.25, 0.3) is 0 Å². The SMILES string of the molecule is COC(=O)[C@H]1O[C@H](OC[C@H]2O[C@@H](O)[C@H](O)[C@@H](O)[C@@H]2O)[C@H](O)[C@@H](O)[C@@H]1O.